The van der Waals surface area contributed by atoms with E-state index < -0.39 is 0 Å². The van der Waals surface area contributed by atoms with E-state index in [1.54, 1.807) is 0 Å². The van der Waals surface area contributed by atoms with Crippen LogP contribution in [0.5, 0.6) is 0 Å². The first kappa shape index (κ1) is 14.1. The van der Waals surface area contributed by atoms with Gasteiger partial charge >= 0.3 is 0 Å². The van der Waals surface area contributed by atoms with Gasteiger partial charge in [-0.2, -0.15) is 4.98 Å². The Hall–Kier alpha value is -1.32. The Morgan fingerprint density at radius 2 is 2.11 bits per heavy atom. The fourth-order valence-corrected chi connectivity index (χ4v) is 2.70. The second-order valence-electron chi connectivity index (χ2n) is 5.63. The van der Waals surface area contributed by atoms with Gasteiger partial charge in [0.2, 0.25) is 5.95 Å². The predicted octanol–water partition coefficient (Wildman–Crippen LogP) is 3.60. The van der Waals surface area contributed by atoms with Crippen molar-refractivity contribution in [1.82, 2.24) is 9.97 Å². The standard InChI is InChI=1S/C15H26N4/c1-4-9-16-15-17-10-11(2)14(19-15)18-12(3)13-7-5-6-8-13/h10,12-13H,4-9H2,1-3H3,(H2,16,17,18,19). The first-order chi connectivity index (χ1) is 9.20. The summed E-state index contributed by atoms with van der Waals surface area (Å²) in [5, 5.41) is 6.82. The van der Waals surface area contributed by atoms with Crippen LogP contribution in [0, 0.1) is 12.8 Å². The van der Waals surface area contributed by atoms with Crippen molar-refractivity contribution < 1.29 is 0 Å². The molecule has 0 aliphatic heterocycles. The SMILES string of the molecule is CCCNc1ncc(C)c(NC(C)C2CCCC2)n1. The largest absolute Gasteiger partial charge is 0.367 e. The molecule has 1 atom stereocenters. The van der Waals surface area contributed by atoms with Gasteiger partial charge in [-0.05, 0) is 39.0 Å². The van der Waals surface area contributed by atoms with E-state index in [0.717, 1.165) is 36.2 Å². The van der Waals surface area contributed by atoms with E-state index in [-0.39, 0.29) is 0 Å². The van der Waals surface area contributed by atoms with Gasteiger partial charge in [-0.25, -0.2) is 4.98 Å². The molecule has 1 fully saturated rings. The Morgan fingerprint density at radius 1 is 1.37 bits per heavy atom. The van der Waals surface area contributed by atoms with Gasteiger partial charge in [0.15, 0.2) is 0 Å². The summed E-state index contributed by atoms with van der Waals surface area (Å²) in [6.45, 7) is 7.40. The predicted molar refractivity (Wildman–Crippen MR) is 80.6 cm³/mol. The van der Waals surface area contributed by atoms with E-state index in [4.69, 9.17) is 0 Å². The molecular formula is C15H26N4. The maximum absolute atomic E-state index is 4.59. The smallest absolute Gasteiger partial charge is 0.224 e. The van der Waals surface area contributed by atoms with Gasteiger partial charge in [0.1, 0.15) is 5.82 Å². The average Bonchev–Trinajstić information content (AvgIpc) is 2.93. The van der Waals surface area contributed by atoms with Crippen molar-refractivity contribution in [3.8, 4) is 0 Å². The lowest BCUT2D eigenvalue weighted by Gasteiger charge is -2.22. The van der Waals surface area contributed by atoms with Crippen LogP contribution in [0.15, 0.2) is 6.20 Å². The average molecular weight is 262 g/mol. The van der Waals surface area contributed by atoms with Gasteiger partial charge in [-0.3, -0.25) is 0 Å². The molecule has 1 aromatic rings. The highest BCUT2D eigenvalue weighted by Gasteiger charge is 2.22. The summed E-state index contributed by atoms with van der Waals surface area (Å²) in [7, 11) is 0. The number of nitrogens with zero attached hydrogens (tertiary/aromatic N) is 2. The molecule has 1 unspecified atom stereocenters. The lowest BCUT2D eigenvalue weighted by atomic mass is 10.00. The monoisotopic (exact) mass is 262 g/mol. The van der Waals surface area contributed by atoms with Crippen molar-refractivity contribution in [3.05, 3.63) is 11.8 Å². The summed E-state index contributed by atoms with van der Waals surface area (Å²) in [6.07, 6.45) is 8.43. The molecule has 0 spiro atoms. The van der Waals surface area contributed by atoms with E-state index in [1.165, 1.54) is 25.7 Å². The van der Waals surface area contributed by atoms with Crippen molar-refractivity contribution in [2.45, 2.75) is 58.9 Å². The van der Waals surface area contributed by atoms with Crippen LogP contribution in [-0.4, -0.2) is 22.6 Å². The van der Waals surface area contributed by atoms with Crippen molar-refractivity contribution in [1.29, 1.82) is 0 Å². The first-order valence-electron chi connectivity index (χ1n) is 7.54. The second-order valence-corrected chi connectivity index (χ2v) is 5.63. The highest BCUT2D eigenvalue weighted by atomic mass is 15.1. The molecule has 1 aliphatic carbocycles. The summed E-state index contributed by atoms with van der Waals surface area (Å²) in [6, 6.07) is 0.495. The molecule has 0 aromatic carbocycles. The third-order valence-electron chi connectivity index (χ3n) is 3.98. The summed E-state index contributed by atoms with van der Waals surface area (Å²) in [5.74, 6) is 2.50. The molecule has 1 heterocycles. The second kappa shape index (κ2) is 6.73. The number of aromatic nitrogens is 2. The van der Waals surface area contributed by atoms with Crippen molar-refractivity contribution in [3.63, 3.8) is 0 Å². The fraction of sp³-hybridized carbons (Fsp3) is 0.733. The Bertz CT molecular complexity index is 399. The minimum Gasteiger partial charge on any atom is -0.367 e. The molecule has 0 radical (unpaired) electrons. The third-order valence-corrected chi connectivity index (χ3v) is 3.98. The zero-order valence-corrected chi connectivity index (χ0v) is 12.4. The normalized spacial score (nSPS) is 17.4. The fourth-order valence-electron chi connectivity index (χ4n) is 2.70. The number of aryl methyl sites for hydroxylation is 1. The molecule has 19 heavy (non-hydrogen) atoms. The van der Waals surface area contributed by atoms with E-state index in [1.807, 2.05) is 6.20 Å². The number of nitrogens with one attached hydrogen (secondary N) is 2. The molecule has 4 nitrogen and oxygen atoms in total. The number of hydrogen-bond donors (Lipinski definition) is 2. The van der Waals surface area contributed by atoms with Crippen molar-refractivity contribution in [2.75, 3.05) is 17.2 Å². The van der Waals surface area contributed by atoms with Crippen LogP contribution in [-0.2, 0) is 0 Å². The summed E-state index contributed by atoms with van der Waals surface area (Å²) in [5.41, 5.74) is 1.12. The molecular weight excluding hydrogens is 236 g/mol. The molecule has 0 amide bonds. The summed E-state index contributed by atoms with van der Waals surface area (Å²) >= 11 is 0. The highest BCUT2D eigenvalue weighted by Crippen LogP contribution is 2.29. The van der Waals surface area contributed by atoms with Crippen molar-refractivity contribution >= 4 is 11.8 Å². The van der Waals surface area contributed by atoms with Crippen LogP contribution in [0.1, 0.15) is 51.5 Å². The van der Waals surface area contributed by atoms with E-state index >= 15 is 0 Å². The maximum Gasteiger partial charge on any atom is 0.224 e. The van der Waals surface area contributed by atoms with E-state index in [0.29, 0.717) is 6.04 Å². The minimum absolute atomic E-state index is 0.495. The molecule has 1 saturated carbocycles. The van der Waals surface area contributed by atoms with Crippen LogP contribution in [0.25, 0.3) is 0 Å². The lowest BCUT2D eigenvalue weighted by Crippen LogP contribution is -2.25. The Morgan fingerprint density at radius 3 is 2.79 bits per heavy atom. The Kier molecular flexibility index (Phi) is 5.00. The summed E-state index contributed by atoms with van der Waals surface area (Å²) in [4.78, 5) is 8.91. The molecule has 0 bridgehead atoms. The van der Waals surface area contributed by atoms with E-state index in [9.17, 15) is 0 Å². The summed E-state index contributed by atoms with van der Waals surface area (Å²) < 4.78 is 0. The highest BCUT2D eigenvalue weighted by molar-refractivity contribution is 5.47. The third kappa shape index (κ3) is 3.82. The Balaban J connectivity index is 2.01. The maximum atomic E-state index is 4.59. The van der Waals surface area contributed by atoms with Crippen LogP contribution in [0.2, 0.25) is 0 Å². The van der Waals surface area contributed by atoms with Gasteiger partial charge in [0.05, 0.1) is 0 Å². The topological polar surface area (TPSA) is 49.8 Å². The van der Waals surface area contributed by atoms with Crippen molar-refractivity contribution in [2.24, 2.45) is 5.92 Å². The minimum atomic E-state index is 0.495. The van der Waals surface area contributed by atoms with Gasteiger partial charge in [-0.1, -0.05) is 19.8 Å². The molecule has 1 aromatic heterocycles. The zero-order chi connectivity index (χ0) is 13.7. The molecule has 2 N–H and O–H groups in total. The quantitative estimate of drug-likeness (QED) is 0.822. The van der Waals surface area contributed by atoms with Crippen LogP contribution in [0.4, 0.5) is 11.8 Å². The lowest BCUT2D eigenvalue weighted by molar-refractivity contribution is 0.481. The van der Waals surface area contributed by atoms with Gasteiger partial charge in [-0.15, -0.1) is 0 Å². The molecule has 4 heteroatoms. The van der Waals surface area contributed by atoms with Gasteiger partial charge in [0, 0.05) is 24.3 Å². The first-order valence-corrected chi connectivity index (χ1v) is 7.54. The molecule has 0 saturated heterocycles. The molecule has 2 rings (SSSR count). The molecule has 106 valence electrons. The number of rotatable bonds is 6. The Labute approximate surface area is 116 Å². The van der Waals surface area contributed by atoms with Gasteiger partial charge in [0.25, 0.3) is 0 Å². The van der Waals surface area contributed by atoms with Crippen LogP contribution < -0.4 is 10.6 Å². The van der Waals surface area contributed by atoms with Crippen LogP contribution >= 0.6 is 0 Å². The number of hydrogen-bond acceptors (Lipinski definition) is 4. The van der Waals surface area contributed by atoms with Crippen LogP contribution in [0.3, 0.4) is 0 Å². The molecule has 1 aliphatic rings. The zero-order valence-electron chi connectivity index (χ0n) is 12.4. The van der Waals surface area contributed by atoms with E-state index in [2.05, 4.69) is 41.4 Å². The van der Waals surface area contributed by atoms with Gasteiger partial charge < -0.3 is 10.6 Å². The number of anilines is 2.